The van der Waals surface area contributed by atoms with Gasteiger partial charge < -0.3 is 10.1 Å². The predicted octanol–water partition coefficient (Wildman–Crippen LogP) is 7.51. The Kier molecular flexibility index (Phi) is 7.06. The van der Waals surface area contributed by atoms with Crippen molar-refractivity contribution >= 4 is 44.8 Å². The summed E-state index contributed by atoms with van der Waals surface area (Å²) in [6.45, 7) is 3.16. The smallest absolute Gasteiger partial charge is 0.143 e. The van der Waals surface area contributed by atoms with Gasteiger partial charge in [0.2, 0.25) is 0 Å². The standard InChI is InChI=1S/C22H20BrCl2NO/c1-2-16-5-3-4-6-21(16)26-13-17-11-19(24)12-20(25)22(17)27-14-15-7-9-18(23)10-8-15/h3-12,26H,2,13-14H2,1H3. The fourth-order valence-electron chi connectivity index (χ4n) is 2.83. The zero-order valence-electron chi connectivity index (χ0n) is 14.9. The molecule has 3 rings (SSSR count). The van der Waals surface area contributed by atoms with E-state index >= 15 is 0 Å². The molecular formula is C22H20BrCl2NO. The van der Waals surface area contributed by atoms with Crippen molar-refractivity contribution in [3.8, 4) is 5.75 Å². The van der Waals surface area contributed by atoms with Gasteiger partial charge in [0.1, 0.15) is 12.4 Å². The van der Waals surface area contributed by atoms with Gasteiger partial charge in [-0.3, -0.25) is 0 Å². The van der Waals surface area contributed by atoms with Crippen molar-refractivity contribution in [2.24, 2.45) is 0 Å². The average Bonchev–Trinajstić information content (AvgIpc) is 2.67. The maximum atomic E-state index is 6.42. The van der Waals surface area contributed by atoms with Crippen molar-refractivity contribution in [3.63, 3.8) is 0 Å². The third-order valence-corrected chi connectivity index (χ3v) is 5.28. The summed E-state index contributed by atoms with van der Waals surface area (Å²) in [5.41, 5.74) is 4.37. The van der Waals surface area contributed by atoms with Crippen LogP contribution in [0.3, 0.4) is 0 Å². The summed E-state index contributed by atoms with van der Waals surface area (Å²) in [6, 6.07) is 19.9. The van der Waals surface area contributed by atoms with E-state index in [1.807, 2.05) is 42.5 Å². The van der Waals surface area contributed by atoms with Gasteiger partial charge in [-0.2, -0.15) is 0 Å². The fourth-order valence-corrected chi connectivity index (χ4v) is 3.69. The van der Waals surface area contributed by atoms with E-state index in [-0.39, 0.29) is 0 Å². The fraction of sp³-hybridized carbons (Fsp3) is 0.182. The topological polar surface area (TPSA) is 21.3 Å². The SMILES string of the molecule is CCc1ccccc1NCc1cc(Cl)cc(Cl)c1OCc1ccc(Br)cc1. The molecule has 2 nitrogen and oxygen atoms in total. The van der Waals surface area contributed by atoms with Crippen molar-refractivity contribution in [3.05, 3.63) is 91.9 Å². The first kappa shape index (κ1) is 20.1. The number of hydrogen-bond donors (Lipinski definition) is 1. The van der Waals surface area contributed by atoms with Gasteiger partial charge in [-0.15, -0.1) is 0 Å². The van der Waals surface area contributed by atoms with Crippen LogP contribution < -0.4 is 10.1 Å². The molecule has 3 aromatic carbocycles. The highest BCUT2D eigenvalue weighted by molar-refractivity contribution is 9.10. The number of para-hydroxylation sites is 1. The molecule has 0 heterocycles. The van der Waals surface area contributed by atoms with Crippen LogP contribution in [0.5, 0.6) is 5.75 Å². The van der Waals surface area contributed by atoms with E-state index in [0.717, 1.165) is 27.7 Å². The molecule has 0 amide bonds. The van der Waals surface area contributed by atoms with Gasteiger partial charge in [0.05, 0.1) is 5.02 Å². The molecule has 0 aliphatic carbocycles. The minimum Gasteiger partial charge on any atom is -0.487 e. The second-order valence-corrected chi connectivity index (χ2v) is 7.91. The molecule has 0 unspecified atom stereocenters. The molecule has 0 bridgehead atoms. The molecule has 1 N–H and O–H groups in total. The van der Waals surface area contributed by atoms with Gasteiger partial charge in [0.25, 0.3) is 0 Å². The van der Waals surface area contributed by atoms with Crippen molar-refractivity contribution in [2.75, 3.05) is 5.32 Å². The number of hydrogen-bond acceptors (Lipinski definition) is 2. The Balaban J connectivity index is 1.78. The van der Waals surface area contributed by atoms with Crippen LogP contribution in [0.15, 0.2) is 65.1 Å². The Bertz CT molecular complexity index is 913. The molecule has 5 heteroatoms. The van der Waals surface area contributed by atoms with Gasteiger partial charge in [0, 0.05) is 27.3 Å². The molecule has 140 valence electrons. The lowest BCUT2D eigenvalue weighted by Gasteiger charge is -2.16. The van der Waals surface area contributed by atoms with Crippen LogP contribution in [0, 0.1) is 0 Å². The summed E-state index contributed by atoms with van der Waals surface area (Å²) >= 11 is 16.1. The highest BCUT2D eigenvalue weighted by atomic mass is 79.9. The first-order valence-corrected chi connectivity index (χ1v) is 10.3. The van der Waals surface area contributed by atoms with E-state index in [0.29, 0.717) is 28.9 Å². The summed E-state index contributed by atoms with van der Waals surface area (Å²) in [4.78, 5) is 0. The number of aryl methyl sites for hydroxylation is 1. The van der Waals surface area contributed by atoms with E-state index in [9.17, 15) is 0 Å². The molecule has 0 atom stereocenters. The van der Waals surface area contributed by atoms with Crippen LogP contribution in [0.1, 0.15) is 23.6 Å². The number of benzene rings is 3. The van der Waals surface area contributed by atoms with Crippen LogP contribution >= 0.6 is 39.1 Å². The lowest BCUT2D eigenvalue weighted by Crippen LogP contribution is -2.06. The van der Waals surface area contributed by atoms with Crippen molar-refractivity contribution in [1.82, 2.24) is 0 Å². The third kappa shape index (κ3) is 5.41. The van der Waals surface area contributed by atoms with Gasteiger partial charge in [0.15, 0.2) is 0 Å². The molecule has 0 radical (unpaired) electrons. The largest absolute Gasteiger partial charge is 0.487 e. The minimum absolute atomic E-state index is 0.438. The summed E-state index contributed by atoms with van der Waals surface area (Å²) in [5.74, 6) is 0.658. The number of halogens is 3. The van der Waals surface area contributed by atoms with E-state index < -0.39 is 0 Å². The molecule has 0 aliphatic rings. The van der Waals surface area contributed by atoms with Crippen LogP contribution in [0.2, 0.25) is 10.0 Å². The normalized spacial score (nSPS) is 10.7. The number of rotatable bonds is 7. The quantitative estimate of drug-likeness (QED) is 0.390. The van der Waals surface area contributed by atoms with E-state index in [4.69, 9.17) is 27.9 Å². The Labute approximate surface area is 178 Å². The zero-order valence-corrected chi connectivity index (χ0v) is 18.0. The molecule has 0 aromatic heterocycles. The summed E-state index contributed by atoms with van der Waals surface area (Å²) in [5, 5.41) is 4.59. The van der Waals surface area contributed by atoms with Gasteiger partial charge in [-0.25, -0.2) is 0 Å². The van der Waals surface area contributed by atoms with Gasteiger partial charge >= 0.3 is 0 Å². The molecule has 3 aromatic rings. The van der Waals surface area contributed by atoms with Crippen molar-refractivity contribution in [2.45, 2.75) is 26.5 Å². The van der Waals surface area contributed by atoms with Gasteiger partial charge in [-0.05, 0) is 47.9 Å². The monoisotopic (exact) mass is 463 g/mol. The minimum atomic E-state index is 0.438. The second kappa shape index (κ2) is 9.50. The maximum absolute atomic E-state index is 6.42. The summed E-state index contributed by atoms with van der Waals surface area (Å²) in [7, 11) is 0. The van der Waals surface area contributed by atoms with Crippen molar-refractivity contribution < 1.29 is 4.74 Å². The third-order valence-electron chi connectivity index (χ3n) is 4.25. The summed E-state index contributed by atoms with van der Waals surface area (Å²) in [6.07, 6.45) is 0.965. The predicted molar refractivity (Wildman–Crippen MR) is 118 cm³/mol. The van der Waals surface area contributed by atoms with E-state index in [2.05, 4.69) is 40.3 Å². The Morgan fingerprint density at radius 2 is 1.70 bits per heavy atom. The molecular weight excluding hydrogens is 445 g/mol. The highest BCUT2D eigenvalue weighted by Gasteiger charge is 2.12. The Morgan fingerprint density at radius 1 is 0.963 bits per heavy atom. The second-order valence-electron chi connectivity index (χ2n) is 6.16. The lowest BCUT2D eigenvalue weighted by molar-refractivity contribution is 0.303. The molecule has 0 aliphatic heterocycles. The average molecular weight is 465 g/mol. The molecule has 0 saturated carbocycles. The Morgan fingerprint density at radius 3 is 2.44 bits per heavy atom. The summed E-state index contributed by atoms with van der Waals surface area (Å²) < 4.78 is 7.09. The molecule has 27 heavy (non-hydrogen) atoms. The molecule has 0 fully saturated rings. The highest BCUT2D eigenvalue weighted by Crippen LogP contribution is 2.34. The van der Waals surface area contributed by atoms with Crippen molar-refractivity contribution in [1.29, 1.82) is 0 Å². The van der Waals surface area contributed by atoms with E-state index in [1.54, 1.807) is 6.07 Å². The number of ether oxygens (including phenoxy) is 1. The molecule has 0 spiro atoms. The first-order chi connectivity index (χ1) is 13.1. The number of nitrogens with one attached hydrogen (secondary N) is 1. The van der Waals surface area contributed by atoms with Crippen LogP contribution in [0.4, 0.5) is 5.69 Å². The zero-order chi connectivity index (χ0) is 19.2. The van der Waals surface area contributed by atoms with Crippen LogP contribution in [-0.4, -0.2) is 0 Å². The van der Waals surface area contributed by atoms with Crippen LogP contribution in [-0.2, 0) is 19.6 Å². The first-order valence-electron chi connectivity index (χ1n) is 8.73. The lowest BCUT2D eigenvalue weighted by atomic mass is 10.1. The van der Waals surface area contributed by atoms with E-state index in [1.165, 1.54) is 5.56 Å². The molecule has 0 saturated heterocycles. The van der Waals surface area contributed by atoms with Crippen LogP contribution in [0.25, 0.3) is 0 Å². The number of anilines is 1. The van der Waals surface area contributed by atoms with Gasteiger partial charge in [-0.1, -0.05) is 76.4 Å². The Hall–Kier alpha value is -1.68. The maximum Gasteiger partial charge on any atom is 0.143 e.